The third-order valence-electron chi connectivity index (χ3n) is 4.52. The number of amides is 1. The Labute approximate surface area is 192 Å². The number of rotatable bonds is 8. The summed E-state index contributed by atoms with van der Waals surface area (Å²) in [5.74, 6) is 0.791. The van der Waals surface area contributed by atoms with Gasteiger partial charge in [0.25, 0.3) is 0 Å². The first-order valence-corrected chi connectivity index (χ1v) is 11.8. The molecule has 4 rings (SSSR count). The van der Waals surface area contributed by atoms with Crippen LogP contribution in [0.15, 0.2) is 47.8 Å². The third-order valence-corrected chi connectivity index (χ3v) is 6.69. The van der Waals surface area contributed by atoms with Crippen molar-refractivity contribution in [2.24, 2.45) is 7.05 Å². The van der Waals surface area contributed by atoms with Crippen LogP contribution >= 0.6 is 34.7 Å². The molecule has 0 saturated heterocycles. The number of aryl methyl sites for hydroxylation is 2. The van der Waals surface area contributed by atoms with Gasteiger partial charge in [0.1, 0.15) is 10.8 Å². The number of benzene rings is 1. The largest absolute Gasteiger partial charge is 0.354 e. The number of thioether (sulfide) groups is 1. The van der Waals surface area contributed by atoms with Crippen molar-refractivity contribution in [2.45, 2.75) is 24.9 Å². The van der Waals surface area contributed by atoms with Crippen LogP contribution in [-0.4, -0.2) is 41.2 Å². The Morgan fingerprint density at radius 1 is 1.16 bits per heavy atom. The van der Waals surface area contributed by atoms with E-state index in [-0.39, 0.29) is 11.7 Å². The van der Waals surface area contributed by atoms with Crippen molar-refractivity contribution >= 4 is 45.7 Å². The van der Waals surface area contributed by atoms with E-state index in [1.54, 1.807) is 0 Å². The van der Waals surface area contributed by atoms with Crippen molar-refractivity contribution in [3.8, 4) is 5.69 Å². The molecule has 0 radical (unpaired) electrons. The first-order chi connectivity index (χ1) is 15.0. The molecule has 8 nitrogen and oxygen atoms in total. The van der Waals surface area contributed by atoms with E-state index in [0.29, 0.717) is 21.7 Å². The standard InChI is InChI=1S/C20H20ClN7OS2/c1-3-18-24-25-19(31-18)22-17(29)12-30-20-26-23-16(11-15-5-4-10-27(15)2)28(20)14-8-6-13(21)7-9-14/h4-10H,3,11-12H2,1-2H3,(H,22,25,29). The number of aromatic nitrogens is 6. The molecule has 3 heterocycles. The summed E-state index contributed by atoms with van der Waals surface area (Å²) in [6.07, 6.45) is 3.39. The molecule has 0 aliphatic rings. The van der Waals surface area contributed by atoms with Crippen LogP contribution in [0.2, 0.25) is 5.02 Å². The van der Waals surface area contributed by atoms with Gasteiger partial charge < -0.3 is 4.57 Å². The fourth-order valence-electron chi connectivity index (χ4n) is 2.93. The number of anilines is 1. The Balaban J connectivity index is 1.54. The highest BCUT2D eigenvalue weighted by atomic mass is 35.5. The average Bonchev–Trinajstić information content (AvgIpc) is 3.48. The van der Waals surface area contributed by atoms with E-state index in [4.69, 9.17) is 11.6 Å². The highest BCUT2D eigenvalue weighted by Gasteiger charge is 2.18. The van der Waals surface area contributed by atoms with Crippen molar-refractivity contribution in [1.82, 2.24) is 29.5 Å². The molecule has 1 amide bonds. The predicted octanol–water partition coefficient (Wildman–Crippen LogP) is 3.99. The summed E-state index contributed by atoms with van der Waals surface area (Å²) < 4.78 is 4.01. The van der Waals surface area contributed by atoms with Crippen molar-refractivity contribution < 1.29 is 4.79 Å². The Morgan fingerprint density at radius 2 is 1.97 bits per heavy atom. The number of hydrogen-bond donors (Lipinski definition) is 1. The Hall–Kier alpha value is -2.69. The van der Waals surface area contributed by atoms with Gasteiger partial charge in [-0.2, -0.15) is 0 Å². The van der Waals surface area contributed by atoms with Crippen LogP contribution < -0.4 is 5.32 Å². The molecule has 160 valence electrons. The Bertz CT molecular complexity index is 1180. The van der Waals surface area contributed by atoms with E-state index >= 15 is 0 Å². The van der Waals surface area contributed by atoms with Gasteiger partial charge in [-0.1, -0.05) is 41.6 Å². The van der Waals surface area contributed by atoms with Crippen LogP contribution in [-0.2, 0) is 24.7 Å². The topological polar surface area (TPSA) is 90.5 Å². The van der Waals surface area contributed by atoms with E-state index in [1.165, 1.54) is 23.1 Å². The number of hydrogen-bond acceptors (Lipinski definition) is 7. The predicted molar refractivity (Wildman–Crippen MR) is 123 cm³/mol. The van der Waals surface area contributed by atoms with Gasteiger partial charge >= 0.3 is 0 Å². The lowest BCUT2D eigenvalue weighted by molar-refractivity contribution is -0.113. The molecule has 0 fully saturated rings. The van der Waals surface area contributed by atoms with E-state index in [2.05, 4.69) is 25.7 Å². The molecule has 11 heteroatoms. The molecular formula is C20H20ClN7OS2. The van der Waals surface area contributed by atoms with Crippen molar-refractivity contribution in [1.29, 1.82) is 0 Å². The summed E-state index contributed by atoms with van der Waals surface area (Å²) in [5, 5.41) is 22.2. The summed E-state index contributed by atoms with van der Waals surface area (Å²) in [5.41, 5.74) is 2.00. The highest BCUT2D eigenvalue weighted by Crippen LogP contribution is 2.25. The fourth-order valence-corrected chi connectivity index (χ4v) is 4.52. The lowest BCUT2D eigenvalue weighted by atomic mass is 10.2. The Morgan fingerprint density at radius 3 is 2.65 bits per heavy atom. The van der Waals surface area contributed by atoms with Crippen LogP contribution in [0, 0.1) is 0 Å². The molecule has 0 aliphatic heterocycles. The highest BCUT2D eigenvalue weighted by molar-refractivity contribution is 7.99. The molecule has 31 heavy (non-hydrogen) atoms. The maximum absolute atomic E-state index is 12.4. The second kappa shape index (κ2) is 9.63. The maximum atomic E-state index is 12.4. The zero-order valence-corrected chi connectivity index (χ0v) is 19.3. The number of nitrogens with one attached hydrogen (secondary N) is 1. The van der Waals surface area contributed by atoms with Gasteiger partial charge in [0, 0.05) is 36.1 Å². The molecule has 0 unspecified atom stereocenters. The van der Waals surface area contributed by atoms with Gasteiger partial charge in [-0.15, -0.1) is 20.4 Å². The lowest BCUT2D eigenvalue weighted by Gasteiger charge is -2.11. The van der Waals surface area contributed by atoms with E-state index < -0.39 is 0 Å². The van der Waals surface area contributed by atoms with E-state index in [1.807, 2.05) is 65.7 Å². The maximum Gasteiger partial charge on any atom is 0.236 e. The summed E-state index contributed by atoms with van der Waals surface area (Å²) in [6, 6.07) is 11.5. The second-order valence-corrected chi connectivity index (χ2v) is 9.13. The number of carbonyl (C=O) groups is 1. The first-order valence-electron chi connectivity index (χ1n) is 9.59. The van der Waals surface area contributed by atoms with E-state index in [0.717, 1.165) is 28.6 Å². The summed E-state index contributed by atoms with van der Waals surface area (Å²) in [6.45, 7) is 2.00. The molecule has 3 aromatic heterocycles. The van der Waals surface area contributed by atoms with Gasteiger partial charge in [0.2, 0.25) is 11.0 Å². The molecular weight excluding hydrogens is 454 g/mol. The minimum atomic E-state index is -0.168. The molecule has 0 atom stereocenters. The molecule has 1 aromatic carbocycles. The molecule has 0 aliphatic carbocycles. The smallest absolute Gasteiger partial charge is 0.236 e. The summed E-state index contributed by atoms with van der Waals surface area (Å²) >= 11 is 8.77. The van der Waals surface area contributed by atoms with Gasteiger partial charge in [-0.25, -0.2) is 0 Å². The van der Waals surface area contributed by atoms with Crippen molar-refractivity contribution in [3.63, 3.8) is 0 Å². The Kier molecular flexibility index (Phi) is 6.69. The zero-order chi connectivity index (χ0) is 21.8. The monoisotopic (exact) mass is 473 g/mol. The van der Waals surface area contributed by atoms with Gasteiger partial charge in [-0.3, -0.25) is 14.7 Å². The number of halogens is 1. The van der Waals surface area contributed by atoms with Crippen LogP contribution in [0.25, 0.3) is 5.69 Å². The minimum Gasteiger partial charge on any atom is -0.354 e. The molecule has 0 saturated carbocycles. The van der Waals surface area contributed by atoms with Gasteiger partial charge in [-0.05, 0) is 42.8 Å². The van der Waals surface area contributed by atoms with Crippen molar-refractivity contribution in [2.75, 3.05) is 11.1 Å². The molecule has 0 spiro atoms. The van der Waals surface area contributed by atoms with Crippen LogP contribution in [0.3, 0.4) is 0 Å². The van der Waals surface area contributed by atoms with Crippen LogP contribution in [0.1, 0.15) is 23.4 Å². The number of nitrogens with zero attached hydrogens (tertiary/aromatic N) is 6. The van der Waals surface area contributed by atoms with Gasteiger partial charge in [0.15, 0.2) is 5.16 Å². The van der Waals surface area contributed by atoms with Gasteiger partial charge in [0.05, 0.1) is 5.75 Å². The molecule has 0 bridgehead atoms. The normalized spacial score (nSPS) is 11.1. The minimum absolute atomic E-state index is 0.168. The molecule has 1 N–H and O–H groups in total. The summed E-state index contributed by atoms with van der Waals surface area (Å²) in [7, 11) is 2.00. The average molecular weight is 474 g/mol. The third kappa shape index (κ3) is 5.15. The van der Waals surface area contributed by atoms with E-state index in [9.17, 15) is 4.79 Å². The SMILES string of the molecule is CCc1nnc(NC(=O)CSc2nnc(Cc3cccn3C)n2-c2ccc(Cl)cc2)s1. The lowest BCUT2D eigenvalue weighted by Crippen LogP contribution is -2.14. The number of carbonyl (C=O) groups excluding carboxylic acids is 1. The zero-order valence-electron chi connectivity index (χ0n) is 16.9. The van der Waals surface area contributed by atoms with Crippen LogP contribution in [0.5, 0.6) is 0 Å². The van der Waals surface area contributed by atoms with Crippen LogP contribution in [0.4, 0.5) is 5.13 Å². The summed E-state index contributed by atoms with van der Waals surface area (Å²) in [4.78, 5) is 12.4. The van der Waals surface area contributed by atoms with Crippen molar-refractivity contribution in [3.05, 3.63) is 64.1 Å². The quantitative estimate of drug-likeness (QED) is 0.389. The second-order valence-electron chi connectivity index (χ2n) is 6.69. The first kappa shape index (κ1) is 21.5. The molecule has 4 aromatic rings. The fraction of sp³-hybridized carbons (Fsp3) is 0.250.